The Labute approximate surface area is 88.0 Å². The Morgan fingerprint density at radius 3 is 0.538 bits per heavy atom. The van der Waals surface area contributed by atoms with Crippen LogP contribution in [-0.2, 0) is 40.3 Å². The first kappa shape index (κ1) is 56.5. The molecule has 0 heterocycles. The van der Waals surface area contributed by atoms with E-state index < -0.39 is 0 Å². The van der Waals surface area contributed by atoms with E-state index in [1.165, 1.54) is 0 Å². The largest absolute Gasteiger partial charge is 0.346 e. The van der Waals surface area contributed by atoms with Gasteiger partial charge in [-0.2, -0.15) is 6.92 Å². The van der Waals surface area contributed by atoms with Crippen molar-refractivity contribution in [3.05, 3.63) is 40.2 Å². The molecule has 0 atom stereocenters. The van der Waals surface area contributed by atoms with Crippen LogP contribution in [0.2, 0.25) is 0 Å². The molecule has 0 fully saturated rings. The molecule has 0 aromatic heterocycles. The fraction of sp³-hybridized carbons (Fsp3) is 0.143. The van der Waals surface area contributed by atoms with Crippen LogP contribution in [0.1, 0.15) is 6.92 Å². The summed E-state index contributed by atoms with van der Waals surface area (Å²) >= 11 is 0. The number of hydrogen-bond acceptors (Lipinski definition) is 0. The minimum Gasteiger partial charge on any atom is -0.346 e. The molecule has 0 unspecified atom stereocenters. The van der Waals surface area contributed by atoms with Crippen molar-refractivity contribution in [2.75, 3.05) is 0 Å². The van der Waals surface area contributed by atoms with Crippen LogP contribution in [0.15, 0.2) is 0 Å². The molecule has 0 aliphatic heterocycles. The number of rotatable bonds is 0. The molecule has 13 heavy (non-hydrogen) atoms. The summed E-state index contributed by atoms with van der Waals surface area (Å²) in [5.41, 5.74) is 0. The van der Waals surface area contributed by atoms with Crippen molar-refractivity contribution in [1.82, 2.24) is 0 Å². The standard InChI is InChI=1S/C2H5.5CO.Mn/c6*1-2;/h1H2,2H3;;;;;;/q-1;;;;;;. The van der Waals surface area contributed by atoms with Crippen molar-refractivity contribution in [3.8, 4) is 0 Å². The van der Waals surface area contributed by atoms with E-state index in [1.807, 2.05) is 0 Å². The van der Waals surface area contributed by atoms with E-state index in [4.69, 9.17) is 23.3 Å². The molecule has 0 rings (SSSR count). The second kappa shape index (κ2) is 1920. The quantitative estimate of drug-likeness (QED) is 0.327. The molecule has 0 aliphatic rings. The molecule has 0 aromatic rings. The maximum atomic E-state index is 7.50. The maximum Gasteiger partial charge on any atom is 0 e. The molecule has 0 bridgehead atoms. The van der Waals surface area contributed by atoms with E-state index >= 15 is 0 Å². The fourth-order valence-electron chi connectivity index (χ4n) is 0. The molecular formula is C7H5MnO5-. The fourth-order valence-corrected chi connectivity index (χ4v) is 0. The van der Waals surface area contributed by atoms with Crippen LogP contribution in [0.25, 0.3) is 0 Å². The van der Waals surface area contributed by atoms with Crippen LogP contribution >= 0.6 is 0 Å². The summed E-state index contributed by atoms with van der Waals surface area (Å²) in [7, 11) is 0. The first-order chi connectivity index (χ1) is 6.00. The van der Waals surface area contributed by atoms with Gasteiger partial charge in [-0.1, -0.05) is 0 Å². The van der Waals surface area contributed by atoms with Gasteiger partial charge in [0.2, 0.25) is 0 Å². The van der Waals surface area contributed by atoms with Crippen LogP contribution in [0.3, 0.4) is 0 Å². The Hall–Kier alpha value is -0.781. The Morgan fingerprint density at radius 2 is 0.538 bits per heavy atom. The summed E-state index contributed by atoms with van der Waals surface area (Å²) in [6.45, 7) is 27.5. The van der Waals surface area contributed by atoms with Gasteiger partial charge in [0.25, 0.3) is 0 Å². The Balaban J connectivity index is -0.00000000655. The van der Waals surface area contributed by atoms with Crippen LogP contribution in [0.4, 0.5) is 0 Å². The summed E-state index contributed by atoms with van der Waals surface area (Å²) < 4.78 is 37.5. The van der Waals surface area contributed by atoms with Gasteiger partial charge in [-0.15, -0.1) is 0 Å². The molecule has 0 aromatic carbocycles. The Kier molecular flexibility index (Phi) is 8350. The predicted molar refractivity (Wildman–Crippen MR) is 30.7 cm³/mol. The third-order valence-electron chi connectivity index (χ3n) is 0. The average molecular weight is 224 g/mol. The summed E-state index contributed by atoms with van der Waals surface area (Å²) in [4.78, 5) is 0. The van der Waals surface area contributed by atoms with Crippen molar-refractivity contribution in [3.63, 3.8) is 0 Å². The van der Waals surface area contributed by atoms with Crippen LogP contribution in [0.5, 0.6) is 0 Å². The zero-order valence-corrected chi connectivity index (χ0v) is 7.81. The van der Waals surface area contributed by atoms with Crippen molar-refractivity contribution < 1.29 is 40.3 Å². The average Bonchev–Trinajstić information content (AvgIpc) is 2.33. The Morgan fingerprint density at radius 1 is 0.538 bits per heavy atom. The van der Waals surface area contributed by atoms with E-state index in [0.29, 0.717) is 0 Å². The van der Waals surface area contributed by atoms with E-state index in [1.54, 1.807) is 6.92 Å². The molecule has 71 valence electrons. The van der Waals surface area contributed by atoms with Crippen LogP contribution < -0.4 is 0 Å². The van der Waals surface area contributed by atoms with Crippen molar-refractivity contribution >= 4 is 0 Å². The molecule has 0 saturated heterocycles. The first-order valence-electron chi connectivity index (χ1n) is 1.73. The summed E-state index contributed by atoms with van der Waals surface area (Å²) in [6.07, 6.45) is 0. The van der Waals surface area contributed by atoms with E-state index in [2.05, 4.69) is 40.2 Å². The van der Waals surface area contributed by atoms with Gasteiger partial charge in [-0.25, -0.2) is 0 Å². The second-order valence-electron chi connectivity index (χ2n) is 0. The van der Waals surface area contributed by atoms with Crippen molar-refractivity contribution in [2.24, 2.45) is 0 Å². The summed E-state index contributed by atoms with van der Waals surface area (Å²) in [6, 6.07) is 0. The predicted octanol–water partition coefficient (Wildman–Crippen LogP) is 0.650. The first-order valence-corrected chi connectivity index (χ1v) is 1.73. The van der Waals surface area contributed by atoms with Gasteiger partial charge in [0, 0.05) is 17.1 Å². The summed E-state index contributed by atoms with van der Waals surface area (Å²) in [5, 5.41) is 0. The SMILES string of the molecule is [C-]#[O+].[C-]#[O+].[C-]#[O+].[C-]#[O+].[C-]#[O+].[CH2-]C.[Mn]. The molecule has 0 spiro atoms. The molecule has 0 amide bonds. The normalized spacial score (nSPS) is 1.23. The van der Waals surface area contributed by atoms with Gasteiger partial charge in [-0.05, 0) is 0 Å². The minimum absolute atomic E-state index is 0. The zero-order valence-electron chi connectivity index (χ0n) is 6.63. The van der Waals surface area contributed by atoms with Gasteiger partial charge < -0.3 is 6.92 Å². The van der Waals surface area contributed by atoms with E-state index in [9.17, 15) is 0 Å². The maximum absolute atomic E-state index is 7.50. The monoisotopic (exact) mass is 224 g/mol. The minimum atomic E-state index is 0. The van der Waals surface area contributed by atoms with Crippen LogP contribution in [0, 0.1) is 40.2 Å². The molecule has 1 radical (unpaired) electrons. The third-order valence-corrected chi connectivity index (χ3v) is 0. The second-order valence-corrected chi connectivity index (χ2v) is 0. The smallest absolute Gasteiger partial charge is 0 e. The van der Waals surface area contributed by atoms with Gasteiger partial charge in [0.15, 0.2) is 0 Å². The van der Waals surface area contributed by atoms with Crippen molar-refractivity contribution in [2.45, 2.75) is 6.92 Å². The molecule has 0 saturated carbocycles. The van der Waals surface area contributed by atoms with E-state index in [0.717, 1.165) is 0 Å². The van der Waals surface area contributed by atoms with Crippen molar-refractivity contribution in [1.29, 1.82) is 0 Å². The molecule has 5 nitrogen and oxygen atoms in total. The topological polar surface area (TPSA) is 99.5 Å². The molecular weight excluding hydrogens is 219 g/mol. The zero-order chi connectivity index (χ0) is 12.0. The summed E-state index contributed by atoms with van der Waals surface area (Å²) in [5.74, 6) is 0. The third kappa shape index (κ3) is 1570. The van der Waals surface area contributed by atoms with Gasteiger partial charge in [-0.3, -0.25) is 0 Å². The van der Waals surface area contributed by atoms with Gasteiger partial charge in [0.05, 0.1) is 0 Å². The Bertz CT molecular complexity index is 75.4. The van der Waals surface area contributed by atoms with E-state index in [-0.39, 0.29) is 17.1 Å². The molecule has 0 aliphatic carbocycles. The molecule has 0 N–H and O–H groups in total. The van der Waals surface area contributed by atoms with Gasteiger partial charge in [0.1, 0.15) is 0 Å². The van der Waals surface area contributed by atoms with Gasteiger partial charge >= 0.3 is 56.5 Å². The van der Waals surface area contributed by atoms with Crippen LogP contribution in [-0.4, -0.2) is 0 Å². The number of hydrogen-bond donors (Lipinski definition) is 0. The molecule has 6 heteroatoms.